The van der Waals surface area contributed by atoms with Crippen LogP contribution in [0.3, 0.4) is 0 Å². The predicted octanol–water partition coefficient (Wildman–Crippen LogP) is 5.12. The van der Waals surface area contributed by atoms with Crippen LogP contribution in [-0.2, 0) is 38.9 Å². The van der Waals surface area contributed by atoms with Crippen molar-refractivity contribution in [3.8, 4) is 11.4 Å². The minimum Gasteiger partial charge on any atom is -0.617 e. The fraction of sp³-hybridized carbons (Fsp3) is 0.429. The quantitative estimate of drug-likeness (QED) is 0.282. The number of benzene rings is 1. The maximum Gasteiger partial charge on any atom is 0.417 e. The van der Waals surface area contributed by atoms with Gasteiger partial charge in [0.15, 0.2) is 11.6 Å². The number of hydrogen-bond donors (Lipinski definition) is 2. The summed E-state index contributed by atoms with van der Waals surface area (Å²) in [7, 11) is 0. The van der Waals surface area contributed by atoms with Crippen LogP contribution in [-0.4, -0.2) is 50.7 Å². The number of piperidine rings is 1. The first kappa shape index (κ1) is 26.6. The van der Waals surface area contributed by atoms with Gasteiger partial charge in [0.25, 0.3) is 0 Å². The van der Waals surface area contributed by atoms with Crippen LogP contribution < -0.4 is 0 Å². The second kappa shape index (κ2) is 9.90. The Kier molecular flexibility index (Phi) is 7.74. The molecule has 1 saturated carbocycles. The SMILES string of the molecule is C[C@H]1CC2CC(CN(C=N)C=N)(C1)N2[N-]c1cc(-c2ncc(F)cn2)c(C(F)(F)F)cc1F.[Y]. The fourth-order valence-electron chi connectivity index (χ4n) is 4.93. The summed E-state index contributed by atoms with van der Waals surface area (Å²) in [4.78, 5) is 8.63. The van der Waals surface area contributed by atoms with Crippen LogP contribution in [0, 0.1) is 28.4 Å². The molecule has 3 heterocycles. The van der Waals surface area contributed by atoms with Crippen molar-refractivity contribution in [2.45, 2.75) is 43.9 Å². The molecule has 3 fully saturated rings. The second-order valence-corrected chi connectivity index (χ2v) is 8.57. The first-order valence-electron chi connectivity index (χ1n) is 10.2. The smallest absolute Gasteiger partial charge is 0.417 e. The molecule has 2 aromatic rings. The summed E-state index contributed by atoms with van der Waals surface area (Å²) >= 11 is 0. The summed E-state index contributed by atoms with van der Waals surface area (Å²) in [5.41, 5.74) is 1.72. The summed E-state index contributed by atoms with van der Waals surface area (Å²) in [6.45, 7) is 2.35. The summed E-state index contributed by atoms with van der Waals surface area (Å²) in [6, 6.07) is 1.26. The number of nitrogens with zero attached hydrogens (tertiary/aromatic N) is 5. The Morgan fingerprint density at radius 3 is 2.41 bits per heavy atom. The number of halogens is 5. The molecule has 2 N–H and O–H groups in total. The molecule has 0 amide bonds. The van der Waals surface area contributed by atoms with E-state index in [9.17, 15) is 22.0 Å². The largest absolute Gasteiger partial charge is 0.617 e. The molecule has 179 valence electrons. The Morgan fingerprint density at radius 1 is 1.18 bits per heavy atom. The Balaban J connectivity index is 0.00000324. The van der Waals surface area contributed by atoms with Crippen LogP contribution in [0.2, 0.25) is 0 Å². The Labute approximate surface area is 218 Å². The van der Waals surface area contributed by atoms with Crippen molar-refractivity contribution in [2.24, 2.45) is 5.92 Å². The maximum atomic E-state index is 14.8. The molecule has 2 saturated heterocycles. The third-order valence-electron chi connectivity index (χ3n) is 6.13. The Morgan fingerprint density at radius 2 is 1.82 bits per heavy atom. The molecule has 1 radical (unpaired) electrons. The normalized spacial score (nSPS) is 23.9. The monoisotopic (exact) mass is 555 g/mol. The van der Waals surface area contributed by atoms with E-state index in [4.69, 9.17) is 10.8 Å². The van der Waals surface area contributed by atoms with Gasteiger partial charge in [-0.2, -0.15) is 13.2 Å². The molecule has 0 spiro atoms. The van der Waals surface area contributed by atoms with E-state index in [-0.39, 0.29) is 51.0 Å². The maximum absolute atomic E-state index is 14.8. The van der Waals surface area contributed by atoms with E-state index in [0.717, 1.165) is 44.0 Å². The van der Waals surface area contributed by atoms with E-state index in [1.165, 1.54) is 4.90 Å². The van der Waals surface area contributed by atoms with E-state index in [1.54, 1.807) is 5.01 Å². The van der Waals surface area contributed by atoms with Gasteiger partial charge >= 0.3 is 6.18 Å². The predicted molar refractivity (Wildman–Crippen MR) is 111 cm³/mol. The average Bonchev–Trinajstić information content (AvgIpc) is 2.76. The number of nitrogens with one attached hydrogen (secondary N) is 2. The van der Waals surface area contributed by atoms with Crippen LogP contribution >= 0.6 is 0 Å². The van der Waals surface area contributed by atoms with Gasteiger partial charge in [0, 0.05) is 50.4 Å². The van der Waals surface area contributed by atoms with Crippen LogP contribution in [0.25, 0.3) is 16.8 Å². The number of hydrogen-bond acceptors (Lipinski definition) is 5. The number of rotatable bonds is 7. The molecule has 7 nitrogen and oxygen atoms in total. The van der Waals surface area contributed by atoms with Crippen molar-refractivity contribution < 1.29 is 54.7 Å². The molecular weight excluding hydrogens is 534 g/mol. The summed E-state index contributed by atoms with van der Waals surface area (Å²) in [6.07, 6.45) is 0.798. The van der Waals surface area contributed by atoms with E-state index >= 15 is 0 Å². The molecule has 2 unspecified atom stereocenters. The van der Waals surface area contributed by atoms with Crippen molar-refractivity contribution in [1.29, 1.82) is 10.8 Å². The Hall–Kier alpha value is -2.05. The van der Waals surface area contributed by atoms with Crippen molar-refractivity contribution in [3.63, 3.8) is 0 Å². The molecule has 1 aliphatic carbocycles. The standard InChI is InChI=1S/C21H21F5N7.Y/c1-12-2-14-6-20(5-12,9-32(10-27)11-28)33(14)31-18-3-15(19-29-7-13(22)8-30-19)16(4-17(18)23)21(24,25)26;/h3-4,7-8,10-12,14,27-28H,2,5-6,9H2,1H3;/q-1;/t12-,14?,20?;/m0./s1. The fourth-order valence-corrected chi connectivity index (χ4v) is 4.93. The van der Waals surface area contributed by atoms with Gasteiger partial charge in [0.2, 0.25) is 0 Å². The molecule has 2 aliphatic heterocycles. The van der Waals surface area contributed by atoms with Crippen molar-refractivity contribution >= 4 is 18.4 Å². The minimum absolute atomic E-state index is 0. The first-order chi connectivity index (χ1) is 15.6. The molecule has 3 aliphatic rings. The molecule has 13 heteroatoms. The van der Waals surface area contributed by atoms with Crippen LogP contribution in [0.5, 0.6) is 0 Å². The minimum atomic E-state index is -4.88. The topological polar surface area (TPSA) is 94.1 Å². The van der Waals surface area contributed by atoms with E-state index < -0.39 is 40.3 Å². The molecule has 5 rings (SSSR count). The van der Waals surface area contributed by atoms with Gasteiger partial charge in [-0.15, -0.1) is 0 Å². The zero-order chi connectivity index (χ0) is 24.0. The van der Waals surface area contributed by atoms with Gasteiger partial charge in [-0.25, -0.2) is 18.7 Å². The summed E-state index contributed by atoms with van der Waals surface area (Å²) in [5, 5.41) is 16.6. The molecule has 1 aromatic carbocycles. The molecule has 3 atom stereocenters. The van der Waals surface area contributed by atoms with Gasteiger partial charge < -0.3 is 15.3 Å². The van der Waals surface area contributed by atoms with Gasteiger partial charge in [-0.05, 0) is 37.3 Å². The zero-order valence-electron chi connectivity index (χ0n) is 18.2. The van der Waals surface area contributed by atoms with Crippen molar-refractivity contribution in [3.05, 3.63) is 47.2 Å². The van der Waals surface area contributed by atoms with Crippen molar-refractivity contribution in [2.75, 3.05) is 6.54 Å². The van der Waals surface area contributed by atoms with Gasteiger partial charge in [0.1, 0.15) is 5.82 Å². The second-order valence-electron chi connectivity index (χ2n) is 8.57. The van der Waals surface area contributed by atoms with Gasteiger partial charge in [-0.1, -0.05) is 18.7 Å². The number of fused-ring (bicyclic) bond motifs is 2. The number of aromatic nitrogens is 2. The molecule has 1 aromatic heterocycles. The van der Waals surface area contributed by atoms with Crippen LogP contribution in [0.15, 0.2) is 24.5 Å². The van der Waals surface area contributed by atoms with E-state index in [0.29, 0.717) is 18.4 Å². The average molecular weight is 555 g/mol. The van der Waals surface area contributed by atoms with Gasteiger partial charge in [0.05, 0.1) is 30.6 Å². The molecule has 34 heavy (non-hydrogen) atoms. The van der Waals surface area contributed by atoms with E-state index in [2.05, 4.69) is 22.3 Å². The summed E-state index contributed by atoms with van der Waals surface area (Å²) < 4.78 is 68.8. The first-order valence-corrected chi connectivity index (χ1v) is 10.2. The molecule has 2 bridgehead atoms. The third-order valence-corrected chi connectivity index (χ3v) is 6.13. The van der Waals surface area contributed by atoms with Crippen molar-refractivity contribution in [1.82, 2.24) is 19.9 Å². The Bertz CT molecular complexity index is 1060. The molecular formula is C21H21F5N7Y-. The third kappa shape index (κ3) is 4.99. The van der Waals surface area contributed by atoms with E-state index in [1.807, 2.05) is 0 Å². The van der Waals surface area contributed by atoms with Crippen LogP contribution in [0.4, 0.5) is 27.6 Å². The zero-order valence-corrected chi connectivity index (χ0v) is 21.0. The number of alkyl halides is 3. The van der Waals surface area contributed by atoms with Gasteiger partial charge in [-0.3, -0.25) is 10.8 Å². The summed E-state index contributed by atoms with van der Waals surface area (Å²) in [5.74, 6) is -2.02. The van der Waals surface area contributed by atoms with Crippen LogP contribution in [0.1, 0.15) is 31.7 Å².